The summed E-state index contributed by atoms with van der Waals surface area (Å²) in [6, 6.07) is 42.2. The summed E-state index contributed by atoms with van der Waals surface area (Å²) in [5.74, 6) is 3.07. The zero-order chi connectivity index (χ0) is 38.7. The van der Waals surface area contributed by atoms with E-state index in [0.29, 0.717) is 12.2 Å². The van der Waals surface area contributed by atoms with Gasteiger partial charge >= 0.3 is 0 Å². The molecular weight excluding hydrogens is 685 g/mol. The topological polar surface area (TPSA) is 77.4 Å². The van der Waals surface area contributed by atoms with Crippen molar-refractivity contribution in [3.05, 3.63) is 166 Å². The number of methoxy groups -OCH3 is 1. The van der Waals surface area contributed by atoms with Crippen LogP contribution in [0.25, 0.3) is 22.3 Å². The second-order valence-electron chi connectivity index (χ2n) is 14.6. The largest absolute Gasteiger partial charge is 0.496 e. The number of fused-ring (bicyclic) bond motifs is 3. The lowest BCUT2D eigenvalue weighted by molar-refractivity contribution is 0.0622. The van der Waals surface area contributed by atoms with Gasteiger partial charge in [0.2, 0.25) is 0 Å². The van der Waals surface area contributed by atoms with Crippen molar-refractivity contribution in [1.82, 2.24) is 0 Å². The Morgan fingerprint density at radius 3 is 1.35 bits per heavy atom. The molecule has 7 rings (SSSR count). The fourth-order valence-electron chi connectivity index (χ4n) is 8.14. The van der Waals surface area contributed by atoms with Crippen LogP contribution in [0.4, 0.5) is 0 Å². The van der Waals surface area contributed by atoms with Gasteiger partial charge in [-0.2, -0.15) is 0 Å². The minimum absolute atomic E-state index is 0.0882. The summed E-state index contributed by atoms with van der Waals surface area (Å²) >= 11 is 0. The molecule has 6 aromatic rings. The molecular formula is C49H50O6. The molecule has 2 N–H and O–H groups in total. The molecule has 0 aliphatic heterocycles. The lowest BCUT2D eigenvalue weighted by Gasteiger charge is -2.34. The van der Waals surface area contributed by atoms with Crippen LogP contribution in [0, 0.1) is 27.7 Å². The molecule has 1 aliphatic carbocycles. The van der Waals surface area contributed by atoms with Crippen molar-refractivity contribution < 1.29 is 29.2 Å². The average Bonchev–Trinajstić information content (AvgIpc) is 3.50. The number of aliphatic hydroxyl groups excluding tert-OH is 2. The number of aryl methyl sites for hydroxylation is 4. The molecule has 0 amide bonds. The Balaban J connectivity index is 1.08. The molecule has 0 saturated carbocycles. The van der Waals surface area contributed by atoms with Crippen LogP contribution in [0.5, 0.6) is 23.0 Å². The van der Waals surface area contributed by atoms with Crippen molar-refractivity contribution in [3.8, 4) is 45.3 Å². The average molecular weight is 735 g/mol. The van der Waals surface area contributed by atoms with E-state index < -0.39 is 17.6 Å². The van der Waals surface area contributed by atoms with Gasteiger partial charge in [0.1, 0.15) is 48.9 Å². The van der Waals surface area contributed by atoms with Gasteiger partial charge in [-0.1, -0.05) is 79.7 Å². The number of ether oxygens (including phenoxy) is 4. The highest BCUT2D eigenvalue weighted by molar-refractivity contribution is 5.86. The SMILES string of the molecule is CCC(O)COc1ccc(C2(c3ccc(OCC(O)COc4c(C)cc(-c5cc(C)c(OC)c(C)c5)cc4C)cc3)c3ccccc3-c3ccccc32)cc1. The quantitative estimate of drug-likeness (QED) is 0.116. The molecule has 0 saturated heterocycles. The lowest BCUT2D eigenvalue weighted by atomic mass is 9.68. The number of aliphatic hydroxyl groups is 2. The van der Waals surface area contributed by atoms with Crippen LogP contribution >= 0.6 is 0 Å². The predicted molar refractivity (Wildman–Crippen MR) is 220 cm³/mol. The van der Waals surface area contributed by atoms with E-state index >= 15 is 0 Å². The number of rotatable bonds is 14. The molecule has 2 atom stereocenters. The van der Waals surface area contributed by atoms with Gasteiger partial charge in [0, 0.05) is 0 Å². The van der Waals surface area contributed by atoms with Crippen LogP contribution in [0.15, 0.2) is 121 Å². The summed E-state index contributed by atoms with van der Waals surface area (Å²) in [5.41, 5.74) is 12.9. The first-order valence-electron chi connectivity index (χ1n) is 19.1. The lowest BCUT2D eigenvalue weighted by Crippen LogP contribution is -2.28. The van der Waals surface area contributed by atoms with E-state index in [1.54, 1.807) is 7.11 Å². The Morgan fingerprint density at radius 1 is 0.509 bits per heavy atom. The molecule has 2 unspecified atom stereocenters. The van der Waals surface area contributed by atoms with Crippen molar-refractivity contribution in [2.45, 2.75) is 58.7 Å². The molecule has 0 fully saturated rings. The zero-order valence-electron chi connectivity index (χ0n) is 32.6. The van der Waals surface area contributed by atoms with Crippen LogP contribution in [0.3, 0.4) is 0 Å². The van der Waals surface area contributed by atoms with Gasteiger partial charge in [-0.25, -0.2) is 0 Å². The minimum Gasteiger partial charge on any atom is -0.496 e. The Kier molecular flexibility index (Phi) is 11.0. The summed E-state index contributed by atoms with van der Waals surface area (Å²) in [6.07, 6.45) is -0.689. The summed E-state index contributed by atoms with van der Waals surface area (Å²) < 4.78 is 23.8. The fourth-order valence-corrected chi connectivity index (χ4v) is 8.14. The van der Waals surface area contributed by atoms with Gasteiger partial charge in [0.05, 0.1) is 18.6 Å². The van der Waals surface area contributed by atoms with E-state index in [2.05, 4.69) is 111 Å². The third-order valence-electron chi connectivity index (χ3n) is 10.8. The molecule has 6 heteroatoms. The van der Waals surface area contributed by atoms with Gasteiger partial charge in [-0.3, -0.25) is 0 Å². The minimum atomic E-state index is -0.829. The van der Waals surface area contributed by atoms with Gasteiger partial charge in [-0.05, 0) is 149 Å². The number of benzene rings is 6. The van der Waals surface area contributed by atoms with Crippen LogP contribution in [0.2, 0.25) is 0 Å². The van der Waals surface area contributed by atoms with Crippen LogP contribution in [0.1, 0.15) is 57.9 Å². The molecule has 55 heavy (non-hydrogen) atoms. The maximum Gasteiger partial charge on any atom is 0.125 e. The predicted octanol–water partition coefficient (Wildman–Crippen LogP) is 9.93. The number of hydrogen-bond acceptors (Lipinski definition) is 6. The molecule has 0 radical (unpaired) electrons. The van der Waals surface area contributed by atoms with Gasteiger partial charge in [0.15, 0.2) is 0 Å². The molecule has 282 valence electrons. The summed E-state index contributed by atoms with van der Waals surface area (Å²) in [7, 11) is 1.70. The summed E-state index contributed by atoms with van der Waals surface area (Å²) in [5, 5.41) is 21.0. The van der Waals surface area contributed by atoms with Gasteiger partial charge in [-0.15, -0.1) is 0 Å². The van der Waals surface area contributed by atoms with E-state index in [4.69, 9.17) is 18.9 Å². The van der Waals surface area contributed by atoms with E-state index in [1.807, 2.05) is 45.0 Å². The van der Waals surface area contributed by atoms with Gasteiger partial charge in [0.25, 0.3) is 0 Å². The van der Waals surface area contributed by atoms with E-state index in [-0.39, 0.29) is 19.8 Å². The van der Waals surface area contributed by atoms with E-state index in [1.165, 1.54) is 22.3 Å². The Labute approximate surface area is 324 Å². The van der Waals surface area contributed by atoms with Crippen molar-refractivity contribution in [2.24, 2.45) is 0 Å². The normalized spacial score (nSPS) is 13.7. The van der Waals surface area contributed by atoms with Crippen molar-refractivity contribution in [1.29, 1.82) is 0 Å². The van der Waals surface area contributed by atoms with E-state index in [0.717, 1.165) is 61.8 Å². The van der Waals surface area contributed by atoms with Crippen LogP contribution < -0.4 is 18.9 Å². The van der Waals surface area contributed by atoms with Crippen molar-refractivity contribution in [3.63, 3.8) is 0 Å². The second kappa shape index (κ2) is 16.0. The monoisotopic (exact) mass is 734 g/mol. The standard InChI is InChI=1S/C49H50O6/c1-7-39(50)28-53-41-20-16-37(17-21-41)49(45-14-10-8-12-43(45)44-13-9-11-15-46(44)49)38-18-22-42(23-19-38)54-29-40(51)30-55-48-33(4)26-36(27-34(48)5)35-24-31(2)47(52-6)32(3)25-35/h8-27,39-40,50-51H,7,28-30H2,1-6H3. The van der Waals surface area contributed by atoms with E-state index in [9.17, 15) is 10.2 Å². The van der Waals surface area contributed by atoms with Gasteiger partial charge < -0.3 is 29.2 Å². The molecule has 6 aromatic carbocycles. The molecule has 0 heterocycles. The zero-order valence-corrected chi connectivity index (χ0v) is 32.6. The maximum atomic E-state index is 11.0. The molecule has 0 bridgehead atoms. The summed E-state index contributed by atoms with van der Waals surface area (Å²) in [4.78, 5) is 0. The Morgan fingerprint density at radius 2 is 0.909 bits per heavy atom. The third-order valence-corrected chi connectivity index (χ3v) is 10.8. The highest BCUT2D eigenvalue weighted by Gasteiger charge is 2.45. The Bertz CT molecular complexity index is 2180. The maximum absolute atomic E-state index is 11.0. The molecule has 0 spiro atoms. The first kappa shape index (κ1) is 37.7. The smallest absolute Gasteiger partial charge is 0.125 e. The Hall–Kier alpha value is -5.56. The van der Waals surface area contributed by atoms with Crippen molar-refractivity contribution >= 4 is 0 Å². The first-order chi connectivity index (χ1) is 26.6. The molecule has 0 aromatic heterocycles. The highest BCUT2D eigenvalue weighted by atomic mass is 16.5. The molecule has 6 nitrogen and oxygen atoms in total. The summed E-state index contributed by atoms with van der Waals surface area (Å²) in [6.45, 7) is 10.6. The first-order valence-corrected chi connectivity index (χ1v) is 19.1. The second-order valence-corrected chi connectivity index (χ2v) is 14.6. The highest BCUT2D eigenvalue weighted by Crippen LogP contribution is 2.56. The van der Waals surface area contributed by atoms with Crippen molar-refractivity contribution in [2.75, 3.05) is 26.9 Å². The molecule has 1 aliphatic rings. The third kappa shape index (κ3) is 7.32. The van der Waals surface area contributed by atoms with Crippen LogP contribution in [-0.4, -0.2) is 49.4 Å². The number of hydrogen-bond donors (Lipinski definition) is 2. The van der Waals surface area contributed by atoms with Crippen LogP contribution in [-0.2, 0) is 5.41 Å². The fraction of sp³-hybridized carbons (Fsp3) is 0.265.